The van der Waals surface area contributed by atoms with Crippen molar-refractivity contribution in [3.8, 4) is 0 Å². The molecule has 0 fully saturated rings. The maximum Gasteiger partial charge on any atom is 0.255 e. The van der Waals surface area contributed by atoms with Gasteiger partial charge in [-0.25, -0.2) is 0 Å². The smallest absolute Gasteiger partial charge is 0.255 e. The molecule has 0 radical (unpaired) electrons. The van der Waals surface area contributed by atoms with Crippen molar-refractivity contribution in [2.45, 2.75) is 51.4 Å². The van der Waals surface area contributed by atoms with Crippen LogP contribution in [0.4, 0.5) is 0 Å². The predicted molar refractivity (Wildman–Crippen MR) is 150 cm³/mol. The zero-order valence-electron chi connectivity index (χ0n) is 22.1. The van der Waals surface area contributed by atoms with E-state index in [0.717, 1.165) is 33.3 Å². The monoisotopic (exact) mass is 520 g/mol. The summed E-state index contributed by atoms with van der Waals surface area (Å²) in [5, 5.41) is 7.07. The minimum atomic E-state index is -0.738. The van der Waals surface area contributed by atoms with Gasteiger partial charge in [-0.3, -0.25) is 14.4 Å². The molecule has 0 unspecified atom stereocenters. The van der Waals surface area contributed by atoms with Gasteiger partial charge in [0.15, 0.2) is 0 Å². The maximum atomic E-state index is 14.0. The van der Waals surface area contributed by atoms with E-state index in [0.29, 0.717) is 24.9 Å². The third kappa shape index (κ3) is 4.48. The molecule has 0 saturated heterocycles. The van der Waals surface area contributed by atoms with Gasteiger partial charge in [0.2, 0.25) is 11.8 Å². The first-order valence-electron chi connectivity index (χ1n) is 13.6. The van der Waals surface area contributed by atoms with Crippen molar-refractivity contribution >= 4 is 28.6 Å². The fraction of sp³-hybridized carbons (Fsp3) is 0.281. The number of amides is 3. The van der Waals surface area contributed by atoms with Gasteiger partial charge in [0.25, 0.3) is 5.91 Å². The molecule has 0 saturated carbocycles. The lowest BCUT2D eigenvalue weighted by Gasteiger charge is -2.37. The summed E-state index contributed by atoms with van der Waals surface area (Å²) in [4.78, 5) is 46.2. The number of aromatic amines is 1. The van der Waals surface area contributed by atoms with Crippen LogP contribution in [0, 0.1) is 5.92 Å². The number of benzene rings is 3. The Morgan fingerprint density at radius 2 is 1.69 bits per heavy atom. The molecule has 3 aromatic carbocycles. The van der Waals surface area contributed by atoms with E-state index in [-0.39, 0.29) is 29.7 Å². The van der Waals surface area contributed by atoms with Gasteiger partial charge < -0.3 is 20.5 Å². The molecule has 39 heavy (non-hydrogen) atoms. The summed E-state index contributed by atoms with van der Waals surface area (Å²) < 4.78 is 0. The number of hydrogen-bond donors (Lipinski definition) is 3. The lowest BCUT2D eigenvalue weighted by molar-refractivity contribution is -0.132. The van der Waals surface area contributed by atoms with Crippen molar-refractivity contribution in [3.05, 3.63) is 107 Å². The Hall–Kier alpha value is -4.39. The highest BCUT2D eigenvalue weighted by atomic mass is 16.2. The molecule has 4 aromatic rings. The lowest BCUT2D eigenvalue weighted by atomic mass is 9.89. The summed E-state index contributed by atoms with van der Waals surface area (Å²) in [7, 11) is 0. The number of nitrogens with one attached hydrogen (secondary N) is 3. The highest BCUT2D eigenvalue weighted by molar-refractivity contribution is 6.04. The number of nitrogens with zero attached hydrogens (tertiary/aromatic N) is 1. The van der Waals surface area contributed by atoms with Crippen molar-refractivity contribution in [2.75, 3.05) is 0 Å². The van der Waals surface area contributed by atoms with Crippen LogP contribution in [0.15, 0.2) is 78.9 Å². The van der Waals surface area contributed by atoms with Gasteiger partial charge in [0.1, 0.15) is 12.1 Å². The van der Waals surface area contributed by atoms with Gasteiger partial charge in [-0.1, -0.05) is 80.6 Å². The van der Waals surface area contributed by atoms with Gasteiger partial charge in [0, 0.05) is 35.1 Å². The van der Waals surface area contributed by atoms with E-state index >= 15 is 0 Å². The average Bonchev–Trinajstić information content (AvgIpc) is 3.46. The standard InChI is InChI=1S/C32H32N4O3/c1-19(2)16-26(30(37)33-18-20-10-4-3-5-11-20)35-31(38)27-17-24-21-12-8-9-15-25(21)34-28(24)29-22-13-6-7-14-23(22)32(39)36(27)29/h3-15,19,26-27,29,34H,16-18H2,1-2H3,(H,33,37)(H,35,38)/t26-,27-,29+/m0/s1. The second-order valence-electron chi connectivity index (χ2n) is 10.9. The van der Waals surface area contributed by atoms with Crippen LogP contribution in [-0.2, 0) is 22.6 Å². The number of rotatable bonds is 7. The molecule has 3 N–H and O–H groups in total. The molecule has 3 heterocycles. The van der Waals surface area contributed by atoms with Crippen molar-refractivity contribution in [1.82, 2.24) is 20.5 Å². The van der Waals surface area contributed by atoms with Crippen LogP contribution in [0.3, 0.4) is 0 Å². The normalized spacial score (nSPS) is 18.4. The molecule has 2 aliphatic rings. The molecule has 0 bridgehead atoms. The molecular formula is C32H32N4O3. The molecule has 3 atom stereocenters. The molecule has 7 nitrogen and oxygen atoms in total. The summed E-state index contributed by atoms with van der Waals surface area (Å²) >= 11 is 0. The fourth-order valence-corrected chi connectivity index (χ4v) is 6.02. The van der Waals surface area contributed by atoms with Gasteiger partial charge in [-0.2, -0.15) is 0 Å². The lowest BCUT2D eigenvalue weighted by Crippen LogP contribution is -2.56. The third-order valence-corrected chi connectivity index (χ3v) is 7.80. The second-order valence-corrected chi connectivity index (χ2v) is 10.9. The summed E-state index contributed by atoms with van der Waals surface area (Å²) in [5.74, 6) is -0.501. The number of para-hydroxylation sites is 1. The molecule has 2 aliphatic heterocycles. The zero-order valence-corrected chi connectivity index (χ0v) is 22.1. The number of H-pyrrole nitrogens is 1. The Kier molecular flexibility index (Phi) is 6.43. The number of carbonyl (C=O) groups excluding carboxylic acids is 3. The van der Waals surface area contributed by atoms with E-state index in [9.17, 15) is 14.4 Å². The largest absolute Gasteiger partial charge is 0.356 e. The number of aromatic nitrogens is 1. The predicted octanol–water partition coefficient (Wildman–Crippen LogP) is 4.49. The quantitative estimate of drug-likeness (QED) is 0.335. The van der Waals surface area contributed by atoms with Crippen LogP contribution in [0.2, 0.25) is 0 Å². The molecule has 198 valence electrons. The van der Waals surface area contributed by atoms with E-state index in [2.05, 4.69) is 21.7 Å². The summed E-state index contributed by atoms with van der Waals surface area (Å²) in [6.07, 6.45) is 0.871. The molecule has 7 heteroatoms. The Labute approximate surface area is 227 Å². The van der Waals surface area contributed by atoms with Gasteiger partial charge in [-0.05, 0) is 41.2 Å². The minimum Gasteiger partial charge on any atom is -0.356 e. The number of fused-ring (bicyclic) bond motifs is 7. The topological polar surface area (TPSA) is 94.3 Å². The molecule has 0 aliphatic carbocycles. The van der Waals surface area contributed by atoms with E-state index in [1.54, 1.807) is 4.90 Å². The highest BCUT2D eigenvalue weighted by Gasteiger charge is 2.49. The van der Waals surface area contributed by atoms with Crippen molar-refractivity contribution < 1.29 is 14.4 Å². The Morgan fingerprint density at radius 1 is 0.974 bits per heavy atom. The summed E-state index contributed by atoms with van der Waals surface area (Å²) in [5.41, 5.74) is 5.49. The van der Waals surface area contributed by atoms with E-state index in [4.69, 9.17) is 0 Å². The average molecular weight is 521 g/mol. The summed E-state index contributed by atoms with van der Waals surface area (Å²) in [6.45, 7) is 4.44. The van der Waals surface area contributed by atoms with Crippen LogP contribution < -0.4 is 10.6 Å². The minimum absolute atomic E-state index is 0.158. The number of hydrogen-bond acceptors (Lipinski definition) is 3. The van der Waals surface area contributed by atoms with Crippen LogP contribution in [0.5, 0.6) is 0 Å². The maximum absolute atomic E-state index is 14.0. The van der Waals surface area contributed by atoms with Crippen molar-refractivity contribution in [2.24, 2.45) is 5.92 Å². The Bertz CT molecular complexity index is 1560. The Morgan fingerprint density at radius 3 is 2.49 bits per heavy atom. The number of carbonyl (C=O) groups is 3. The molecule has 0 spiro atoms. The first kappa shape index (κ1) is 24.9. The molecular weight excluding hydrogens is 488 g/mol. The third-order valence-electron chi connectivity index (χ3n) is 7.80. The molecule has 1 aromatic heterocycles. The van der Waals surface area contributed by atoms with Crippen LogP contribution in [-0.4, -0.2) is 39.7 Å². The van der Waals surface area contributed by atoms with E-state index < -0.39 is 12.1 Å². The first-order chi connectivity index (χ1) is 18.9. The second kappa shape index (κ2) is 10.1. The van der Waals surface area contributed by atoms with E-state index in [1.807, 2.05) is 86.6 Å². The summed E-state index contributed by atoms with van der Waals surface area (Å²) in [6, 6.07) is 23.5. The van der Waals surface area contributed by atoms with Crippen molar-refractivity contribution in [3.63, 3.8) is 0 Å². The van der Waals surface area contributed by atoms with Gasteiger partial charge in [0.05, 0.1) is 6.04 Å². The zero-order chi connectivity index (χ0) is 27.1. The van der Waals surface area contributed by atoms with Gasteiger partial charge in [-0.15, -0.1) is 0 Å². The van der Waals surface area contributed by atoms with Crippen molar-refractivity contribution in [1.29, 1.82) is 0 Å². The van der Waals surface area contributed by atoms with Crippen LogP contribution in [0.1, 0.15) is 59.1 Å². The van der Waals surface area contributed by atoms with Crippen LogP contribution in [0.25, 0.3) is 10.9 Å². The van der Waals surface area contributed by atoms with Crippen LogP contribution >= 0.6 is 0 Å². The first-order valence-corrected chi connectivity index (χ1v) is 13.6. The van der Waals surface area contributed by atoms with E-state index in [1.165, 1.54) is 0 Å². The fourth-order valence-electron chi connectivity index (χ4n) is 6.02. The molecule has 6 rings (SSSR count). The SMILES string of the molecule is CC(C)C[C@H](NC(=O)[C@@H]1Cc2c([nH]c3ccccc23)[C@H]2c3ccccc3C(=O)N21)C(=O)NCc1ccccc1. The highest BCUT2D eigenvalue weighted by Crippen LogP contribution is 2.46. The Balaban J connectivity index is 1.31. The van der Waals surface area contributed by atoms with Gasteiger partial charge >= 0.3 is 0 Å². The molecule has 3 amide bonds.